The van der Waals surface area contributed by atoms with Gasteiger partial charge in [-0.1, -0.05) is 96.1 Å². The third-order valence-electron chi connectivity index (χ3n) is 7.14. The fourth-order valence-corrected chi connectivity index (χ4v) is 6.41. The molecule has 4 rings (SSSR count). The smallest absolute Gasteiger partial charge is 0.264 e. The first kappa shape index (κ1) is 32.5. The van der Waals surface area contributed by atoms with Crippen LogP contribution in [0, 0.1) is 13.8 Å². The molecule has 7 nitrogen and oxygen atoms in total. The van der Waals surface area contributed by atoms with E-state index in [1.165, 1.54) is 17.0 Å². The highest BCUT2D eigenvalue weighted by molar-refractivity contribution is 7.92. The number of aryl methyl sites for hydroxylation is 2. The molecule has 0 saturated carbocycles. The van der Waals surface area contributed by atoms with Crippen molar-refractivity contribution in [1.82, 2.24) is 10.2 Å². The summed E-state index contributed by atoms with van der Waals surface area (Å²) in [4.78, 5) is 30.0. The van der Waals surface area contributed by atoms with Crippen molar-refractivity contribution in [2.24, 2.45) is 0 Å². The number of carbonyl (C=O) groups excluding carboxylic acids is 2. The van der Waals surface area contributed by atoms with E-state index in [1.54, 1.807) is 30.3 Å². The van der Waals surface area contributed by atoms with Crippen LogP contribution in [0.15, 0.2) is 114 Å². The Kier molecular flexibility index (Phi) is 10.3. The molecule has 0 fully saturated rings. The van der Waals surface area contributed by atoms with Crippen LogP contribution >= 0.6 is 0 Å². The number of nitrogens with zero attached hydrogens (tertiary/aromatic N) is 2. The van der Waals surface area contributed by atoms with Gasteiger partial charge in [-0.05, 0) is 70.0 Å². The number of anilines is 1. The second-order valence-electron chi connectivity index (χ2n) is 12.1. The van der Waals surface area contributed by atoms with E-state index in [0.29, 0.717) is 5.69 Å². The SMILES string of the molecule is Cc1ccc(N(CC(=O)N(Cc2cccc(C)c2)C(Cc2ccccc2)C(=O)NC(C)(C)C)S(=O)(=O)c2ccccc2)cc1. The minimum Gasteiger partial charge on any atom is -0.350 e. The predicted molar refractivity (Wildman–Crippen MR) is 176 cm³/mol. The Morgan fingerprint density at radius 1 is 0.750 bits per heavy atom. The molecule has 4 aromatic rings. The molecule has 0 aliphatic rings. The van der Waals surface area contributed by atoms with Crippen molar-refractivity contribution in [3.63, 3.8) is 0 Å². The number of nitrogens with one attached hydrogen (secondary N) is 1. The Labute approximate surface area is 261 Å². The zero-order valence-electron chi connectivity index (χ0n) is 26.0. The highest BCUT2D eigenvalue weighted by atomic mass is 32.2. The number of amides is 2. The summed E-state index contributed by atoms with van der Waals surface area (Å²) in [7, 11) is -4.12. The standard InChI is InChI=1S/C36H41N3O4S/c1-27-19-21-31(22-20-27)39(44(42,43)32-17-10-7-11-18-32)26-34(40)38(25-30-16-12-13-28(2)23-30)33(35(41)37-36(3,4)5)24-29-14-8-6-9-15-29/h6-23,33H,24-26H2,1-5H3,(H,37,41). The highest BCUT2D eigenvalue weighted by Crippen LogP contribution is 2.25. The molecule has 4 aromatic carbocycles. The average molecular weight is 612 g/mol. The van der Waals surface area contributed by atoms with E-state index in [4.69, 9.17) is 0 Å². The predicted octanol–water partition coefficient (Wildman–Crippen LogP) is 6.05. The van der Waals surface area contributed by atoms with Gasteiger partial charge < -0.3 is 10.2 Å². The summed E-state index contributed by atoms with van der Waals surface area (Å²) in [6, 6.07) is 31.5. The van der Waals surface area contributed by atoms with Crippen molar-refractivity contribution in [1.29, 1.82) is 0 Å². The number of benzene rings is 4. The van der Waals surface area contributed by atoms with Gasteiger partial charge >= 0.3 is 0 Å². The maximum atomic E-state index is 14.5. The summed E-state index contributed by atoms with van der Waals surface area (Å²) in [5.41, 5.74) is 3.52. The number of rotatable bonds is 11. The molecule has 0 bridgehead atoms. The first-order chi connectivity index (χ1) is 20.8. The summed E-state index contributed by atoms with van der Waals surface area (Å²) in [5, 5.41) is 3.05. The Bertz CT molecular complexity index is 1670. The van der Waals surface area contributed by atoms with E-state index in [2.05, 4.69) is 5.32 Å². The Balaban J connectivity index is 1.81. The summed E-state index contributed by atoms with van der Waals surface area (Å²) in [6.07, 6.45) is 0.260. The fourth-order valence-electron chi connectivity index (χ4n) is 4.97. The van der Waals surface area contributed by atoms with Crippen molar-refractivity contribution >= 4 is 27.5 Å². The summed E-state index contributed by atoms with van der Waals surface area (Å²) >= 11 is 0. The van der Waals surface area contributed by atoms with Crippen LogP contribution < -0.4 is 9.62 Å². The third kappa shape index (κ3) is 8.57. The van der Waals surface area contributed by atoms with E-state index >= 15 is 0 Å². The van der Waals surface area contributed by atoms with E-state index in [-0.39, 0.29) is 23.8 Å². The van der Waals surface area contributed by atoms with Gasteiger partial charge in [-0.2, -0.15) is 0 Å². The third-order valence-corrected chi connectivity index (χ3v) is 8.92. The second kappa shape index (κ2) is 13.9. The van der Waals surface area contributed by atoms with Gasteiger partial charge in [0.1, 0.15) is 12.6 Å². The van der Waals surface area contributed by atoms with Crippen LogP contribution in [0.5, 0.6) is 0 Å². The van der Waals surface area contributed by atoms with Crippen molar-refractivity contribution in [3.05, 3.63) is 131 Å². The minimum absolute atomic E-state index is 0.0740. The van der Waals surface area contributed by atoms with Gasteiger partial charge in [0.25, 0.3) is 10.0 Å². The molecule has 1 atom stereocenters. The number of hydrogen-bond donors (Lipinski definition) is 1. The molecule has 0 aliphatic carbocycles. The largest absolute Gasteiger partial charge is 0.350 e. The number of hydrogen-bond acceptors (Lipinski definition) is 4. The van der Waals surface area contributed by atoms with Crippen LogP contribution in [0.3, 0.4) is 0 Å². The molecule has 2 amide bonds. The molecule has 1 N–H and O–H groups in total. The molecule has 0 aromatic heterocycles. The highest BCUT2D eigenvalue weighted by Gasteiger charge is 2.35. The lowest BCUT2D eigenvalue weighted by Crippen LogP contribution is -2.56. The van der Waals surface area contributed by atoms with E-state index < -0.39 is 34.1 Å². The second-order valence-corrected chi connectivity index (χ2v) is 14.0. The first-order valence-corrected chi connectivity index (χ1v) is 16.1. The van der Waals surface area contributed by atoms with Gasteiger partial charge in [-0.25, -0.2) is 8.42 Å². The normalized spacial score (nSPS) is 12.3. The molecule has 8 heteroatoms. The summed E-state index contributed by atoms with van der Waals surface area (Å²) < 4.78 is 29.2. The molecule has 0 aliphatic heterocycles. The number of carbonyl (C=O) groups is 2. The molecule has 0 heterocycles. The average Bonchev–Trinajstić information content (AvgIpc) is 2.98. The summed E-state index contributed by atoms with van der Waals surface area (Å²) in [5.74, 6) is -0.799. The number of sulfonamides is 1. The maximum Gasteiger partial charge on any atom is 0.264 e. The lowest BCUT2D eigenvalue weighted by atomic mass is 10.0. The Hall–Kier alpha value is -4.43. The van der Waals surface area contributed by atoms with Crippen LogP contribution in [0.25, 0.3) is 0 Å². The van der Waals surface area contributed by atoms with Gasteiger partial charge in [-0.15, -0.1) is 0 Å². The van der Waals surface area contributed by atoms with Crippen molar-refractivity contribution in [3.8, 4) is 0 Å². The van der Waals surface area contributed by atoms with Crippen LogP contribution in [0.1, 0.15) is 43.0 Å². The molecule has 0 saturated heterocycles. The van der Waals surface area contributed by atoms with Gasteiger partial charge in [0.15, 0.2) is 0 Å². The van der Waals surface area contributed by atoms with E-state index in [9.17, 15) is 18.0 Å². The van der Waals surface area contributed by atoms with Crippen molar-refractivity contribution in [2.45, 2.75) is 64.1 Å². The van der Waals surface area contributed by atoms with Gasteiger partial charge in [0.05, 0.1) is 10.6 Å². The van der Waals surface area contributed by atoms with Crippen molar-refractivity contribution < 1.29 is 18.0 Å². The van der Waals surface area contributed by atoms with E-state index in [1.807, 2.05) is 101 Å². The molecule has 0 spiro atoms. The summed E-state index contributed by atoms with van der Waals surface area (Å²) in [6.45, 7) is 9.20. The molecular formula is C36H41N3O4S. The van der Waals surface area contributed by atoms with Gasteiger partial charge in [-0.3, -0.25) is 13.9 Å². The van der Waals surface area contributed by atoms with Gasteiger partial charge in [0, 0.05) is 18.5 Å². The fraction of sp³-hybridized carbons (Fsp3) is 0.278. The lowest BCUT2D eigenvalue weighted by molar-refractivity contribution is -0.140. The Morgan fingerprint density at radius 3 is 1.93 bits per heavy atom. The van der Waals surface area contributed by atoms with Crippen LogP contribution in [-0.4, -0.2) is 43.3 Å². The molecule has 44 heavy (non-hydrogen) atoms. The van der Waals surface area contributed by atoms with Crippen LogP contribution in [0.4, 0.5) is 5.69 Å². The van der Waals surface area contributed by atoms with Gasteiger partial charge in [0.2, 0.25) is 11.8 Å². The van der Waals surface area contributed by atoms with Crippen LogP contribution in [0.2, 0.25) is 0 Å². The molecular weight excluding hydrogens is 570 g/mol. The zero-order valence-corrected chi connectivity index (χ0v) is 26.8. The zero-order chi connectivity index (χ0) is 31.9. The molecule has 230 valence electrons. The minimum atomic E-state index is -4.12. The van der Waals surface area contributed by atoms with E-state index in [0.717, 1.165) is 26.6 Å². The first-order valence-electron chi connectivity index (χ1n) is 14.7. The topological polar surface area (TPSA) is 86.8 Å². The molecule has 1 unspecified atom stereocenters. The monoisotopic (exact) mass is 611 g/mol. The lowest BCUT2D eigenvalue weighted by Gasteiger charge is -2.35. The van der Waals surface area contributed by atoms with Crippen molar-refractivity contribution in [2.75, 3.05) is 10.8 Å². The van der Waals surface area contributed by atoms with Crippen LogP contribution in [-0.2, 0) is 32.6 Å². The molecule has 0 radical (unpaired) electrons. The Morgan fingerprint density at radius 2 is 1.34 bits per heavy atom. The maximum absolute atomic E-state index is 14.5. The quantitative estimate of drug-likeness (QED) is 0.224.